The molecule has 0 atom stereocenters. The largest absolute Gasteiger partial charge is 0.439 e. The number of sulfonamides is 1. The molecule has 0 fully saturated rings. The third-order valence-corrected chi connectivity index (χ3v) is 5.82. The van der Waals surface area contributed by atoms with E-state index >= 15 is 0 Å². The van der Waals surface area contributed by atoms with Gasteiger partial charge in [-0.1, -0.05) is 12.1 Å². The molecular formula is C22H18F3N5O3S. The van der Waals surface area contributed by atoms with Crippen LogP contribution in [-0.2, 0) is 22.0 Å². The number of rotatable bonds is 7. The van der Waals surface area contributed by atoms with Crippen LogP contribution in [0.1, 0.15) is 17.0 Å². The van der Waals surface area contributed by atoms with Gasteiger partial charge in [0.25, 0.3) is 0 Å². The summed E-state index contributed by atoms with van der Waals surface area (Å²) in [5.74, 6) is 1.31. The minimum absolute atomic E-state index is 0.230. The number of hydrogen-bond donors (Lipinski definition) is 1. The molecule has 0 aliphatic carbocycles. The smallest absolute Gasteiger partial charge is 0.416 e. The lowest BCUT2D eigenvalue weighted by molar-refractivity contribution is -0.137. The average Bonchev–Trinajstić information content (AvgIpc) is 3.29. The molecule has 0 saturated heterocycles. The van der Waals surface area contributed by atoms with Crippen LogP contribution < -0.4 is 9.46 Å². The SMILES string of the molecule is Cc1nc(Oc2ccc(NS(=O)(=O)Cc3ccc(C(F)(F)F)cc3)cc2)cc(-n2ccnc2)n1. The second-order valence-electron chi connectivity index (χ2n) is 7.26. The van der Waals surface area contributed by atoms with E-state index in [4.69, 9.17) is 4.74 Å². The summed E-state index contributed by atoms with van der Waals surface area (Å²) in [4.78, 5) is 12.5. The van der Waals surface area contributed by atoms with Gasteiger partial charge in [-0.3, -0.25) is 9.29 Å². The van der Waals surface area contributed by atoms with Gasteiger partial charge < -0.3 is 4.74 Å². The number of hydrogen-bond acceptors (Lipinski definition) is 6. The third-order valence-electron chi connectivity index (χ3n) is 4.56. The van der Waals surface area contributed by atoms with E-state index < -0.39 is 27.5 Å². The van der Waals surface area contributed by atoms with E-state index in [1.807, 2.05) is 0 Å². The zero-order chi connectivity index (χ0) is 24.3. The first-order valence-electron chi connectivity index (χ1n) is 9.86. The maximum atomic E-state index is 12.7. The molecule has 0 spiro atoms. The van der Waals surface area contributed by atoms with Crippen LogP contribution in [0.4, 0.5) is 18.9 Å². The van der Waals surface area contributed by atoms with Crippen LogP contribution in [0.3, 0.4) is 0 Å². The number of halogens is 3. The Balaban J connectivity index is 1.42. The summed E-state index contributed by atoms with van der Waals surface area (Å²) in [6.45, 7) is 1.72. The molecule has 2 aromatic heterocycles. The second kappa shape index (κ2) is 9.14. The Morgan fingerprint density at radius 2 is 1.74 bits per heavy atom. The summed E-state index contributed by atoms with van der Waals surface area (Å²) >= 11 is 0. The van der Waals surface area contributed by atoms with Crippen LogP contribution in [0.25, 0.3) is 5.82 Å². The highest BCUT2D eigenvalue weighted by molar-refractivity contribution is 7.91. The lowest BCUT2D eigenvalue weighted by Gasteiger charge is -2.11. The quantitative estimate of drug-likeness (QED) is 0.403. The first-order chi connectivity index (χ1) is 16.1. The number of nitrogens with zero attached hydrogens (tertiary/aromatic N) is 4. The average molecular weight is 489 g/mol. The molecule has 1 N–H and O–H groups in total. The van der Waals surface area contributed by atoms with E-state index in [9.17, 15) is 21.6 Å². The van der Waals surface area contributed by atoms with E-state index in [0.717, 1.165) is 24.3 Å². The minimum Gasteiger partial charge on any atom is -0.439 e. The lowest BCUT2D eigenvalue weighted by Crippen LogP contribution is -2.15. The van der Waals surface area contributed by atoms with Gasteiger partial charge in [0.2, 0.25) is 15.9 Å². The van der Waals surface area contributed by atoms with Crippen molar-refractivity contribution in [1.29, 1.82) is 0 Å². The Morgan fingerprint density at radius 3 is 2.35 bits per heavy atom. The van der Waals surface area contributed by atoms with Gasteiger partial charge in [-0.15, -0.1) is 0 Å². The predicted molar refractivity (Wildman–Crippen MR) is 118 cm³/mol. The number of anilines is 1. The molecule has 4 rings (SSSR count). The molecule has 34 heavy (non-hydrogen) atoms. The fourth-order valence-electron chi connectivity index (χ4n) is 3.04. The van der Waals surface area contributed by atoms with Crippen LogP contribution in [0, 0.1) is 6.92 Å². The van der Waals surface area contributed by atoms with Gasteiger partial charge in [0, 0.05) is 24.1 Å². The number of aryl methyl sites for hydroxylation is 1. The van der Waals surface area contributed by atoms with Crippen molar-refractivity contribution in [3.05, 3.63) is 90.3 Å². The fraction of sp³-hybridized carbons (Fsp3) is 0.136. The fourth-order valence-corrected chi connectivity index (χ4v) is 4.24. The number of alkyl halides is 3. The molecule has 4 aromatic rings. The van der Waals surface area contributed by atoms with Gasteiger partial charge in [0.05, 0.1) is 11.3 Å². The molecule has 176 valence electrons. The van der Waals surface area contributed by atoms with Crippen molar-refractivity contribution in [1.82, 2.24) is 19.5 Å². The topological polar surface area (TPSA) is 99.0 Å². The van der Waals surface area contributed by atoms with Crippen LogP contribution in [0.15, 0.2) is 73.3 Å². The number of ether oxygens (including phenoxy) is 1. The number of aromatic nitrogens is 4. The Hall–Kier alpha value is -3.93. The second-order valence-corrected chi connectivity index (χ2v) is 8.99. The van der Waals surface area contributed by atoms with E-state index in [2.05, 4.69) is 19.7 Å². The Labute approximate surface area is 193 Å². The van der Waals surface area contributed by atoms with Crippen molar-refractivity contribution in [2.45, 2.75) is 18.9 Å². The normalized spacial score (nSPS) is 11.9. The summed E-state index contributed by atoms with van der Waals surface area (Å²) in [6, 6.07) is 11.7. The molecular weight excluding hydrogens is 471 g/mol. The number of benzene rings is 2. The Bertz CT molecular complexity index is 1370. The molecule has 0 amide bonds. The first kappa shape index (κ1) is 23.2. The van der Waals surface area contributed by atoms with Gasteiger partial charge in [0.1, 0.15) is 23.7 Å². The molecule has 0 aliphatic heterocycles. The van der Waals surface area contributed by atoms with Crippen LogP contribution in [0.2, 0.25) is 0 Å². The molecule has 0 unspecified atom stereocenters. The predicted octanol–water partition coefficient (Wildman–Crippen LogP) is 4.72. The molecule has 8 nitrogen and oxygen atoms in total. The van der Waals surface area contributed by atoms with E-state index in [0.29, 0.717) is 23.3 Å². The van der Waals surface area contributed by atoms with Gasteiger partial charge in [-0.25, -0.2) is 18.4 Å². The molecule has 2 heterocycles. The van der Waals surface area contributed by atoms with E-state index in [1.165, 1.54) is 12.1 Å². The summed E-state index contributed by atoms with van der Waals surface area (Å²) in [7, 11) is -3.85. The third kappa shape index (κ3) is 5.90. The van der Waals surface area contributed by atoms with Crippen LogP contribution in [0.5, 0.6) is 11.6 Å². The Kier molecular flexibility index (Phi) is 6.24. The minimum atomic E-state index is -4.48. The van der Waals surface area contributed by atoms with Crippen LogP contribution >= 0.6 is 0 Å². The highest BCUT2D eigenvalue weighted by atomic mass is 32.2. The molecule has 0 radical (unpaired) electrons. The van der Waals surface area contributed by atoms with Crippen molar-refractivity contribution in [3.63, 3.8) is 0 Å². The zero-order valence-electron chi connectivity index (χ0n) is 17.7. The monoisotopic (exact) mass is 489 g/mol. The highest BCUT2D eigenvalue weighted by Crippen LogP contribution is 2.29. The molecule has 0 bridgehead atoms. The summed E-state index contributed by atoms with van der Waals surface area (Å²) in [5.41, 5.74) is -0.335. The zero-order valence-corrected chi connectivity index (χ0v) is 18.5. The first-order valence-corrected chi connectivity index (χ1v) is 11.5. The summed E-state index contributed by atoms with van der Waals surface area (Å²) < 4.78 is 72.7. The molecule has 2 aromatic carbocycles. The van der Waals surface area contributed by atoms with E-state index in [-0.39, 0.29) is 11.3 Å². The van der Waals surface area contributed by atoms with Crippen LogP contribution in [-0.4, -0.2) is 27.9 Å². The van der Waals surface area contributed by atoms with Crippen molar-refractivity contribution >= 4 is 15.7 Å². The van der Waals surface area contributed by atoms with Gasteiger partial charge in [-0.05, 0) is 48.9 Å². The standard InChI is InChI=1S/C22H18F3N5O3S/c1-15-27-20(30-11-10-26-14-30)12-21(28-15)33-19-8-6-18(7-9-19)29-34(31,32)13-16-2-4-17(5-3-16)22(23,24)25/h2-12,14,29H,13H2,1H3. The number of imidazole rings is 1. The maximum Gasteiger partial charge on any atom is 0.416 e. The summed E-state index contributed by atoms with van der Waals surface area (Å²) in [6.07, 6.45) is 0.467. The lowest BCUT2D eigenvalue weighted by atomic mass is 10.1. The Morgan fingerprint density at radius 1 is 1.03 bits per heavy atom. The van der Waals surface area contributed by atoms with Crippen molar-refractivity contribution in [3.8, 4) is 17.4 Å². The number of nitrogens with one attached hydrogen (secondary N) is 1. The molecule has 0 aliphatic rings. The van der Waals surface area contributed by atoms with Crippen molar-refractivity contribution < 1.29 is 26.3 Å². The summed E-state index contributed by atoms with van der Waals surface area (Å²) in [5, 5.41) is 0. The van der Waals surface area contributed by atoms with Gasteiger partial charge in [-0.2, -0.15) is 18.2 Å². The highest BCUT2D eigenvalue weighted by Gasteiger charge is 2.30. The maximum absolute atomic E-state index is 12.7. The van der Waals surface area contributed by atoms with Gasteiger partial charge in [0.15, 0.2) is 0 Å². The molecule has 12 heteroatoms. The van der Waals surface area contributed by atoms with Crippen molar-refractivity contribution in [2.75, 3.05) is 4.72 Å². The van der Waals surface area contributed by atoms with E-state index in [1.54, 1.807) is 48.4 Å². The van der Waals surface area contributed by atoms with Crippen molar-refractivity contribution in [2.24, 2.45) is 0 Å². The van der Waals surface area contributed by atoms with Gasteiger partial charge >= 0.3 is 6.18 Å². The molecule has 0 saturated carbocycles.